The van der Waals surface area contributed by atoms with Crippen molar-refractivity contribution in [2.24, 2.45) is 0 Å². The van der Waals surface area contributed by atoms with Crippen LogP contribution in [0.15, 0.2) is 21.9 Å². The number of nitro groups is 2. The molecular formula is C14H6N2Na2O14S2. The number of aromatic hydroxyl groups is 2. The molecule has 2 aromatic carbocycles. The van der Waals surface area contributed by atoms with Crippen molar-refractivity contribution in [1.29, 1.82) is 0 Å². The number of phenolic OH excluding ortho intramolecular Hbond substituents is 2. The van der Waals surface area contributed by atoms with Gasteiger partial charge in [-0.05, 0) is 0 Å². The van der Waals surface area contributed by atoms with E-state index in [2.05, 4.69) is 0 Å². The summed E-state index contributed by atoms with van der Waals surface area (Å²) in [5.41, 5.74) is -8.51. The monoisotopic (exact) mass is 536 g/mol. The SMILES string of the molecule is O=C1c2c([N+](=O)[O-])cc(S(=O)(=O)O)c(O)c2C(=O)c2c([N+](=O)[O-])cc(S(=O)(=O)O)c(O)c21.[Na].[Na]. The summed E-state index contributed by atoms with van der Waals surface area (Å²) in [5, 5.41) is 43.1. The topological polar surface area (TPSA) is 270 Å². The van der Waals surface area contributed by atoms with Gasteiger partial charge in [0, 0.05) is 71.2 Å². The molecule has 0 heterocycles. The maximum Gasteiger partial charge on any atom is 0.298 e. The zero-order valence-corrected chi connectivity index (χ0v) is 22.4. The number of nitrogens with zero attached hydrogens (tertiary/aromatic N) is 2. The Labute approximate surface area is 232 Å². The third kappa shape index (κ3) is 4.61. The van der Waals surface area contributed by atoms with Crippen LogP contribution in [0.2, 0.25) is 0 Å². The molecule has 0 aromatic heterocycles. The summed E-state index contributed by atoms with van der Waals surface area (Å²) in [4.78, 5) is 42.7. The van der Waals surface area contributed by atoms with E-state index in [1.807, 2.05) is 0 Å². The second kappa shape index (κ2) is 9.57. The molecule has 0 saturated heterocycles. The Morgan fingerprint density at radius 2 is 0.912 bits per heavy atom. The van der Waals surface area contributed by atoms with Gasteiger partial charge in [0.1, 0.15) is 32.4 Å². The van der Waals surface area contributed by atoms with Crippen LogP contribution in [0.4, 0.5) is 11.4 Å². The molecule has 0 fully saturated rings. The van der Waals surface area contributed by atoms with Crippen LogP contribution in [-0.2, 0) is 20.2 Å². The van der Waals surface area contributed by atoms with Gasteiger partial charge >= 0.3 is 0 Å². The van der Waals surface area contributed by atoms with Crippen LogP contribution >= 0.6 is 0 Å². The van der Waals surface area contributed by atoms with Gasteiger partial charge in [0.15, 0.2) is 0 Å². The molecule has 16 nitrogen and oxygen atoms in total. The molecule has 0 bridgehead atoms. The molecule has 3 rings (SSSR count). The van der Waals surface area contributed by atoms with E-state index in [9.17, 15) is 66.0 Å². The second-order valence-electron chi connectivity index (χ2n) is 6.11. The van der Waals surface area contributed by atoms with E-state index in [-0.39, 0.29) is 71.2 Å². The molecule has 0 amide bonds. The fourth-order valence-corrected chi connectivity index (χ4v) is 4.32. The van der Waals surface area contributed by atoms with Crippen molar-refractivity contribution >= 4 is 102 Å². The molecule has 0 atom stereocenters. The molecule has 0 spiro atoms. The van der Waals surface area contributed by atoms with Gasteiger partial charge in [-0.25, -0.2) is 0 Å². The molecule has 0 saturated carbocycles. The molecule has 20 heteroatoms. The molecule has 1 aliphatic rings. The molecule has 1 aliphatic carbocycles. The molecule has 0 aliphatic heterocycles. The minimum Gasteiger partial charge on any atom is -0.506 e. The van der Waals surface area contributed by atoms with Gasteiger partial charge in [0.05, 0.1) is 21.0 Å². The van der Waals surface area contributed by atoms with E-state index in [1.165, 1.54) is 0 Å². The number of phenols is 2. The smallest absolute Gasteiger partial charge is 0.298 e. The Bertz CT molecular complexity index is 1420. The standard InChI is InChI=1S/C14H6N2O14S2.2Na/c17-11-5(31(25,26)27)1-3(15(21)22)7-9(11)14(20)8-4(16(23)24)2-6(32(28,29)30)12(18)10(8)13(7)19;;/h1-2,17-18H,(H,25,26,27)(H,28,29,30);;. The Hall–Kier alpha value is -2.00. The van der Waals surface area contributed by atoms with Crippen molar-refractivity contribution < 1.29 is 55.6 Å². The number of rotatable bonds is 4. The largest absolute Gasteiger partial charge is 0.506 e. The number of fused-ring (bicyclic) bond motifs is 2. The molecule has 2 radical (unpaired) electrons. The van der Waals surface area contributed by atoms with Gasteiger partial charge in [-0.1, -0.05) is 0 Å². The second-order valence-corrected chi connectivity index (χ2v) is 8.89. The summed E-state index contributed by atoms with van der Waals surface area (Å²) < 4.78 is 64.2. The van der Waals surface area contributed by atoms with E-state index >= 15 is 0 Å². The van der Waals surface area contributed by atoms with Crippen molar-refractivity contribution in [3.8, 4) is 11.5 Å². The summed E-state index contributed by atoms with van der Waals surface area (Å²) in [6.45, 7) is 0. The Morgan fingerprint density at radius 1 is 0.647 bits per heavy atom. The number of ketones is 2. The van der Waals surface area contributed by atoms with Crippen LogP contribution in [0.3, 0.4) is 0 Å². The first-order valence-electron chi connectivity index (χ1n) is 7.63. The summed E-state index contributed by atoms with van der Waals surface area (Å²) in [6.07, 6.45) is 0. The van der Waals surface area contributed by atoms with Crippen molar-refractivity contribution in [3.63, 3.8) is 0 Å². The molecule has 2 aromatic rings. The Balaban J connectivity index is 0.00000289. The Kier molecular flexibility index (Phi) is 8.45. The van der Waals surface area contributed by atoms with Crippen molar-refractivity contribution in [2.45, 2.75) is 9.79 Å². The first-order chi connectivity index (χ1) is 14.5. The van der Waals surface area contributed by atoms with Crippen LogP contribution < -0.4 is 0 Å². The average Bonchev–Trinajstić information content (AvgIpc) is 2.62. The zero-order chi connectivity index (χ0) is 24.5. The minimum absolute atomic E-state index is 0. The van der Waals surface area contributed by atoms with E-state index in [4.69, 9.17) is 0 Å². The van der Waals surface area contributed by atoms with E-state index in [0.29, 0.717) is 0 Å². The minimum atomic E-state index is -5.42. The first kappa shape index (κ1) is 30.0. The van der Waals surface area contributed by atoms with Gasteiger partial charge in [0.25, 0.3) is 31.6 Å². The van der Waals surface area contributed by atoms with Gasteiger partial charge in [-0.3, -0.25) is 38.9 Å². The molecule has 170 valence electrons. The van der Waals surface area contributed by atoms with Crippen molar-refractivity contribution in [1.82, 2.24) is 0 Å². The number of carbonyl (C=O) groups excluding carboxylic acids is 2. The normalized spacial score (nSPS) is 12.6. The molecular weight excluding hydrogens is 530 g/mol. The first-order valence-corrected chi connectivity index (χ1v) is 10.5. The maximum atomic E-state index is 12.9. The summed E-state index contributed by atoms with van der Waals surface area (Å²) >= 11 is 0. The summed E-state index contributed by atoms with van der Waals surface area (Å²) in [6, 6.07) is 0.0234. The van der Waals surface area contributed by atoms with Gasteiger partial charge in [0.2, 0.25) is 11.6 Å². The fraction of sp³-hybridized carbons (Fsp3) is 0. The quantitative estimate of drug-likeness (QED) is 0.141. The van der Waals surface area contributed by atoms with Gasteiger partial charge in [-0.15, -0.1) is 0 Å². The zero-order valence-electron chi connectivity index (χ0n) is 16.7. The van der Waals surface area contributed by atoms with Crippen LogP contribution in [-0.4, -0.2) is 117 Å². The van der Waals surface area contributed by atoms with E-state index in [0.717, 1.165) is 0 Å². The predicted octanol–water partition coefficient (Wildman–Crippen LogP) is -0.579. The molecule has 0 unspecified atom stereocenters. The van der Waals surface area contributed by atoms with Gasteiger partial charge < -0.3 is 10.2 Å². The van der Waals surface area contributed by atoms with Gasteiger partial charge in [-0.2, -0.15) is 16.8 Å². The van der Waals surface area contributed by atoms with E-state index in [1.54, 1.807) is 0 Å². The van der Waals surface area contributed by atoms with Crippen molar-refractivity contribution in [2.75, 3.05) is 0 Å². The van der Waals surface area contributed by atoms with Crippen LogP contribution in [0, 0.1) is 20.2 Å². The van der Waals surface area contributed by atoms with Crippen molar-refractivity contribution in [3.05, 3.63) is 54.6 Å². The number of benzene rings is 2. The molecule has 34 heavy (non-hydrogen) atoms. The van der Waals surface area contributed by atoms with Crippen LogP contribution in [0.25, 0.3) is 0 Å². The number of carbonyl (C=O) groups is 2. The summed E-state index contributed by atoms with van der Waals surface area (Å²) in [7, 11) is -10.8. The van der Waals surface area contributed by atoms with E-state index < -0.39 is 96.6 Å². The number of hydrogen-bond donors (Lipinski definition) is 4. The fourth-order valence-electron chi connectivity index (χ4n) is 3.10. The third-order valence-electron chi connectivity index (χ3n) is 4.35. The molecule has 4 N–H and O–H groups in total. The summed E-state index contributed by atoms with van der Waals surface area (Å²) in [5.74, 6) is -6.90. The number of hydrogen-bond acceptors (Lipinski definition) is 12. The Morgan fingerprint density at radius 3 is 1.12 bits per heavy atom. The van der Waals surface area contributed by atoms with Crippen LogP contribution in [0.1, 0.15) is 31.8 Å². The average molecular weight is 536 g/mol. The van der Waals surface area contributed by atoms with Crippen LogP contribution in [0.5, 0.6) is 11.5 Å². The predicted molar refractivity (Wildman–Crippen MR) is 108 cm³/mol. The maximum absolute atomic E-state index is 12.9. The third-order valence-corrected chi connectivity index (χ3v) is 6.08. The number of nitro benzene ring substituents is 2.